The Kier molecular flexibility index (Phi) is 11.7. The molecule has 0 aliphatic carbocycles. The smallest absolute Gasteiger partial charge is 0.507 e. The lowest BCUT2D eigenvalue weighted by molar-refractivity contribution is 0.416. The van der Waals surface area contributed by atoms with Crippen molar-refractivity contribution < 1.29 is 19.1 Å². The summed E-state index contributed by atoms with van der Waals surface area (Å²) in [4.78, 5) is 0. The van der Waals surface area contributed by atoms with E-state index in [1.165, 1.54) is 0 Å². The zero-order valence-corrected chi connectivity index (χ0v) is 43.8. The number of para-hydroxylation sites is 8. The Labute approximate surface area is 458 Å². The minimum Gasteiger partial charge on any atom is -0.507 e. The summed E-state index contributed by atoms with van der Waals surface area (Å²) >= 11 is 0. The number of nitrogens with zero attached hydrogens (tertiary/aromatic N) is 2. The van der Waals surface area contributed by atoms with Crippen LogP contribution in [0.3, 0.4) is 0 Å². The molecule has 2 aromatic heterocycles. The first-order chi connectivity index (χ1) is 39.1. The van der Waals surface area contributed by atoms with Gasteiger partial charge in [0.25, 0.3) is 0 Å². The fraction of sp³-hybridized carbons (Fsp3) is 0. The van der Waals surface area contributed by atoms with Crippen molar-refractivity contribution in [2.24, 2.45) is 0 Å². The summed E-state index contributed by atoms with van der Waals surface area (Å²) in [5, 5.41) is 31.5. The molecule has 0 atom stereocenters. The van der Waals surface area contributed by atoms with Gasteiger partial charge in [0.15, 0.2) is 0 Å². The second-order valence-corrected chi connectivity index (χ2v) is 22.5. The standard InChI is InChI=1S/C72H50N2O4Si/c75-69-53(49-25-5-1-6-26-49)37-21-39-59(69)61-41-23-47-67(73-63-43-17-13-33-55(63)56-34-14-18-44-64(56)73)71(61)77-79(51-29-9-3-10-30-51,52-31-11-4-12-32-52)78-72-62(60-40-22-38-54(70(60)76)50-27-7-2-8-28-50)42-24-48-68(72)74-65-45-19-15-35-57(65)58-36-16-20-46-66(58)74/h1-48,75-76H. The third-order valence-corrected chi connectivity index (χ3v) is 18.4. The van der Waals surface area contributed by atoms with Gasteiger partial charge in [-0.05, 0) is 47.5 Å². The van der Waals surface area contributed by atoms with Gasteiger partial charge in [-0.1, -0.05) is 255 Å². The lowest BCUT2D eigenvalue weighted by Gasteiger charge is -2.35. The normalized spacial score (nSPS) is 11.6. The number of rotatable bonds is 12. The Morgan fingerprint density at radius 2 is 0.532 bits per heavy atom. The maximum Gasteiger partial charge on any atom is 0.531 e. The number of benzene rings is 12. The van der Waals surface area contributed by atoms with Gasteiger partial charge in [0.05, 0.1) is 33.4 Å². The highest BCUT2D eigenvalue weighted by Crippen LogP contribution is 2.49. The Bertz CT molecular complexity index is 4170. The Morgan fingerprint density at radius 3 is 0.886 bits per heavy atom. The fourth-order valence-electron chi connectivity index (χ4n) is 11.7. The monoisotopic (exact) mass is 1030 g/mol. The topological polar surface area (TPSA) is 68.8 Å². The summed E-state index contributed by atoms with van der Waals surface area (Å²) in [6, 6.07) is 98.6. The van der Waals surface area contributed by atoms with Crippen LogP contribution in [0.2, 0.25) is 0 Å². The van der Waals surface area contributed by atoms with Crippen LogP contribution in [0.1, 0.15) is 0 Å². The molecular weight excluding hydrogens is 985 g/mol. The third kappa shape index (κ3) is 7.94. The second kappa shape index (κ2) is 19.7. The van der Waals surface area contributed by atoms with E-state index in [9.17, 15) is 10.2 Å². The van der Waals surface area contributed by atoms with Gasteiger partial charge < -0.3 is 28.2 Å². The zero-order valence-electron chi connectivity index (χ0n) is 42.8. The van der Waals surface area contributed by atoms with E-state index in [1.54, 1.807) is 0 Å². The molecule has 0 aliphatic rings. The van der Waals surface area contributed by atoms with Crippen molar-refractivity contribution in [1.82, 2.24) is 9.13 Å². The molecule has 376 valence electrons. The van der Waals surface area contributed by atoms with E-state index in [0.717, 1.165) is 76.5 Å². The quantitative estimate of drug-likeness (QED) is 0.120. The van der Waals surface area contributed by atoms with E-state index in [0.29, 0.717) is 44.9 Å². The maximum atomic E-state index is 12.8. The first-order valence-corrected chi connectivity index (χ1v) is 28.4. The van der Waals surface area contributed by atoms with Crippen LogP contribution in [0, 0.1) is 0 Å². The molecule has 12 aromatic carbocycles. The highest BCUT2D eigenvalue weighted by Gasteiger charge is 2.50. The highest BCUT2D eigenvalue weighted by molar-refractivity contribution is 6.93. The molecule has 79 heavy (non-hydrogen) atoms. The van der Waals surface area contributed by atoms with Gasteiger partial charge in [0, 0.05) is 65.3 Å². The second-order valence-electron chi connectivity index (χ2n) is 19.7. The van der Waals surface area contributed by atoms with Crippen LogP contribution in [-0.2, 0) is 0 Å². The zero-order chi connectivity index (χ0) is 52.9. The van der Waals surface area contributed by atoms with Crippen molar-refractivity contribution in [3.8, 4) is 78.9 Å². The molecule has 0 aliphatic heterocycles. The molecule has 2 N–H and O–H groups in total. The summed E-state index contributed by atoms with van der Waals surface area (Å²) in [5.74, 6) is 1.27. The summed E-state index contributed by atoms with van der Waals surface area (Å²) in [7, 11) is -4.30. The highest BCUT2D eigenvalue weighted by atomic mass is 28.4. The first kappa shape index (κ1) is 47.1. The van der Waals surface area contributed by atoms with Gasteiger partial charge in [-0.25, -0.2) is 0 Å². The molecule has 0 amide bonds. The Hall–Kier alpha value is -10.3. The van der Waals surface area contributed by atoms with Crippen molar-refractivity contribution in [3.63, 3.8) is 0 Å². The van der Waals surface area contributed by atoms with Gasteiger partial charge in [0.1, 0.15) is 23.0 Å². The fourth-order valence-corrected chi connectivity index (χ4v) is 14.8. The predicted octanol–water partition coefficient (Wildman–Crippen LogP) is 16.7. The van der Waals surface area contributed by atoms with Crippen LogP contribution in [0.5, 0.6) is 23.0 Å². The van der Waals surface area contributed by atoms with E-state index in [4.69, 9.17) is 8.85 Å². The van der Waals surface area contributed by atoms with Crippen LogP contribution in [0.15, 0.2) is 291 Å². The number of phenols is 2. The van der Waals surface area contributed by atoms with E-state index in [-0.39, 0.29) is 11.5 Å². The molecule has 0 radical (unpaired) electrons. The molecule has 14 rings (SSSR count). The Balaban J connectivity index is 1.11. The average molecular weight is 1040 g/mol. The summed E-state index contributed by atoms with van der Waals surface area (Å²) in [6.45, 7) is 0. The van der Waals surface area contributed by atoms with Crippen LogP contribution in [0.4, 0.5) is 0 Å². The van der Waals surface area contributed by atoms with Gasteiger partial charge in [0.2, 0.25) is 0 Å². The lowest BCUT2D eigenvalue weighted by atomic mass is 9.96. The number of hydrogen-bond acceptors (Lipinski definition) is 4. The largest absolute Gasteiger partial charge is 0.531 e. The Morgan fingerprint density at radius 1 is 0.253 bits per heavy atom. The molecule has 0 spiro atoms. The van der Waals surface area contributed by atoms with Crippen molar-refractivity contribution in [1.29, 1.82) is 0 Å². The van der Waals surface area contributed by atoms with Gasteiger partial charge in [-0.15, -0.1) is 0 Å². The summed E-state index contributed by atoms with van der Waals surface area (Å²) in [6.07, 6.45) is 0. The van der Waals surface area contributed by atoms with E-state index < -0.39 is 8.56 Å². The van der Waals surface area contributed by atoms with Crippen LogP contribution in [0.25, 0.3) is 99.5 Å². The van der Waals surface area contributed by atoms with Crippen molar-refractivity contribution in [3.05, 3.63) is 291 Å². The number of phenolic OH excluding ortho intramolecular Hbond substituents is 2. The molecule has 6 nitrogen and oxygen atoms in total. The van der Waals surface area contributed by atoms with Gasteiger partial charge in [-0.2, -0.15) is 0 Å². The van der Waals surface area contributed by atoms with Crippen molar-refractivity contribution in [2.75, 3.05) is 0 Å². The number of aromatic nitrogens is 2. The van der Waals surface area contributed by atoms with E-state index in [1.807, 2.05) is 158 Å². The molecule has 0 unspecified atom stereocenters. The number of aromatic hydroxyl groups is 2. The number of fused-ring (bicyclic) bond motifs is 6. The van der Waals surface area contributed by atoms with Crippen LogP contribution in [-0.4, -0.2) is 27.9 Å². The molecule has 0 saturated heterocycles. The molecular formula is C72H50N2O4Si. The minimum atomic E-state index is -4.30. The first-order valence-electron chi connectivity index (χ1n) is 26.5. The van der Waals surface area contributed by atoms with Crippen molar-refractivity contribution in [2.45, 2.75) is 0 Å². The van der Waals surface area contributed by atoms with Gasteiger partial charge >= 0.3 is 8.56 Å². The summed E-state index contributed by atoms with van der Waals surface area (Å²) in [5.41, 5.74) is 11.2. The van der Waals surface area contributed by atoms with Gasteiger partial charge in [-0.3, -0.25) is 0 Å². The molecule has 0 saturated carbocycles. The molecule has 0 fully saturated rings. The summed E-state index contributed by atoms with van der Waals surface area (Å²) < 4.78 is 21.3. The molecule has 0 bridgehead atoms. The minimum absolute atomic E-state index is 0.123. The average Bonchev–Trinajstić information content (AvgIpc) is 4.29. The maximum absolute atomic E-state index is 12.8. The molecule has 14 aromatic rings. The number of hydrogen-bond donors (Lipinski definition) is 2. The molecule has 2 heterocycles. The van der Waals surface area contributed by atoms with Crippen LogP contribution < -0.4 is 19.2 Å². The van der Waals surface area contributed by atoms with E-state index >= 15 is 0 Å². The molecule has 7 heteroatoms. The third-order valence-electron chi connectivity index (χ3n) is 15.3. The SMILES string of the molecule is Oc1c(-c2ccccc2)cccc1-c1cccc(-n2c3ccccc3c3ccccc32)c1O[Si](Oc1c(-c2cccc(-c3ccccc3)c2O)cccc1-n1c2ccccc2c2ccccc21)(c1ccccc1)c1ccccc1. The van der Waals surface area contributed by atoms with Crippen LogP contribution >= 0.6 is 0 Å². The van der Waals surface area contributed by atoms with E-state index in [2.05, 4.69) is 143 Å². The predicted molar refractivity (Wildman–Crippen MR) is 326 cm³/mol. The lowest BCUT2D eigenvalue weighted by Crippen LogP contribution is -2.68. The van der Waals surface area contributed by atoms with Crippen molar-refractivity contribution >= 4 is 62.5 Å².